The van der Waals surface area contributed by atoms with E-state index in [1.807, 2.05) is 36.4 Å². The molecule has 0 atom stereocenters. The third-order valence-corrected chi connectivity index (χ3v) is 6.50. The first-order valence-electron chi connectivity index (χ1n) is 9.27. The van der Waals surface area contributed by atoms with E-state index in [9.17, 15) is 8.42 Å². The zero-order valence-electron chi connectivity index (χ0n) is 17.0. The van der Waals surface area contributed by atoms with Crippen LogP contribution in [0.1, 0.15) is 11.1 Å². The average Bonchev–Trinajstić information content (AvgIpc) is 3.17. The van der Waals surface area contributed by atoms with Gasteiger partial charge in [0.05, 0.1) is 32.2 Å². The van der Waals surface area contributed by atoms with E-state index in [0.29, 0.717) is 24.6 Å². The average molecular weight is 546 g/mol. The lowest BCUT2D eigenvalue weighted by atomic mass is 10.2. The van der Waals surface area contributed by atoms with Gasteiger partial charge in [-0.1, -0.05) is 24.3 Å². The molecule has 0 spiro atoms. The van der Waals surface area contributed by atoms with Crippen LogP contribution in [0.5, 0.6) is 11.5 Å². The lowest BCUT2D eigenvalue weighted by Gasteiger charge is -2.19. The Morgan fingerprint density at radius 3 is 2.63 bits per heavy atom. The van der Waals surface area contributed by atoms with Crippen molar-refractivity contribution in [2.75, 3.05) is 37.4 Å². The van der Waals surface area contributed by atoms with Crippen LogP contribution in [-0.2, 0) is 23.0 Å². The minimum absolute atomic E-state index is 0. The summed E-state index contributed by atoms with van der Waals surface area (Å²) in [5.74, 6) is 1.38. The third kappa shape index (κ3) is 5.69. The Hall–Kier alpha value is -2.21. The summed E-state index contributed by atoms with van der Waals surface area (Å²) in [6, 6.07) is 13.1. The van der Waals surface area contributed by atoms with Gasteiger partial charge in [-0.15, -0.1) is 24.0 Å². The Bertz CT molecular complexity index is 998. The smallest absolute Gasteiger partial charge is 0.236 e. The normalized spacial score (nSPS) is 13.4. The maximum atomic E-state index is 12.7. The van der Waals surface area contributed by atoms with Crippen LogP contribution in [-0.4, -0.2) is 47.4 Å². The summed E-state index contributed by atoms with van der Waals surface area (Å²) in [5, 5.41) is 2.87. The molecule has 164 valence electrons. The predicted octanol–water partition coefficient (Wildman–Crippen LogP) is 2.12. The Kier molecular flexibility index (Phi) is 8.59. The first-order valence-corrected chi connectivity index (χ1v) is 10.9. The number of benzene rings is 2. The number of rotatable bonds is 8. The van der Waals surface area contributed by atoms with E-state index in [2.05, 4.69) is 10.3 Å². The van der Waals surface area contributed by atoms with Crippen LogP contribution in [0, 0.1) is 0 Å². The highest BCUT2D eigenvalue weighted by Crippen LogP contribution is 2.30. The first-order chi connectivity index (χ1) is 13.9. The van der Waals surface area contributed by atoms with Gasteiger partial charge in [0, 0.05) is 13.1 Å². The van der Waals surface area contributed by atoms with Crippen molar-refractivity contribution < 1.29 is 17.9 Å². The second kappa shape index (κ2) is 10.7. The minimum Gasteiger partial charge on any atom is -0.493 e. The molecule has 0 unspecified atom stereocenters. The van der Waals surface area contributed by atoms with Crippen LogP contribution in [0.15, 0.2) is 47.5 Å². The second-order valence-electron chi connectivity index (χ2n) is 6.58. The van der Waals surface area contributed by atoms with Crippen molar-refractivity contribution >= 4 is 45.6 Å². The lowest BCUT2D eigenvalue weighted by Crippen LogP contribution is -2.39. The summed E-state index contributed by atoms with van der Waals surface area (Å²) >= 11 is 0. The van der Waals surface area contributed by atoms with Gasteiger partial charge in [0.15, 0.2) is 17.5 Å². The van der Waals surface area contributed by atoms with Gasteiger partial charge in [-0.2, -0.15) is 0 Å². The summed E-state index contributed by atoms with van der Waals surface area (Å²) in [6.45, 7) is 0.998. The molecular formula is C20H27IN4O4S. The Balaban J connectivity index is 0.00000320. The van der Waals surface area contributed by atoms with E-state index in [-0.39, 0.29) is 42.2 Å². The molecule has 0 saturated carbocycles. The summed E-state index contributed by atoms with van der Waals surface area (Å²) in [6.07, 6.45) is 0.734. The molecule has 1 aliphatic heterocycles. The first kappa shape index (κ1) is 24.1. The number of nitrogens with two attached hydrogens (primary N) is 1. The van der Waals surface area contributed by atoms with Crippen LogP contribution in [0.2, 0.25) is 0 Å². The van der Waals surface area contributed by atoms with E-state index >= 15 is 0 Å². The van der Waals surface area contributed by atoms with E-state index in [4.69, 9.17) is 15.2 Å². The van der Waals surface area contributed by atoms with Gasteiger partial charge in [-0.05, 0) is 35.7 Å². The maximum absolute atomic E-state index is 12.7. The molecule has 10 heteroatoms. The van der Waals surface area contributed by atoms with Crippen molar-refractivity contribution in [2.24, 2.45) is 10.7 Å². The lowest BCUT2D eigenvalue weighted by molar-refractivity contribution is 0.354. The van der Waals surface area contributed by atoms with Gasteiger partial charge in [0.25, 0.3) is 0 Å². The Morgan fingerprint density at radius 1 is 1.17 bits per heavy atom. The number of para-hydroxylation sites is 1. The maximum Gasteiger partial charge on any atom is 0.236 e. The van der Waals surface area contributed by atoms with E-state index in [0.717, 1.165) is 23.2 Å². The molecule has 3 N–H and O–H groups in total. The zero-order chi connectivity index (χ0) is 20.9. The molecule has 0 bridgehead atoms. The number of methoxy groups -OCH3 is 2. The fraction of sp³-hybridized carbons (Fsp3) is 0.350. The molecule has 1 aliphatic rings. The molecule has 3 rings (SSSR count). The van der Waals surface area contributed by atoms with Crippen molar-refractivity contribution in [1.29, 1.82) is 0 Å². The van der Waals surface area contributed by atoms with Crippen LogP contribution in [0.4, 0.5) is 5.69 Å². The number of guanidine groups is 1. The number of halogens is 1. The second-order valence-corrected chi connectivity index (χ2v) is 8.60. The summed E-state index contributed by atoms with van der Waals surface area (Å²) < 4.78 is 37.3. The van der Waals surface area contributed by atoms with Crippen molar-refractivity contribution in [2.45, 2.75) is 13.0 Å². The topological polar surface area (TPSA) is 106 Å². The molecule has 0 aliphatic carbocycles. The fourth-order valence-corrected chi connectivity index (χ4v) is 4.65. The summed E-state index contributed by atoms with van der Waals surface area (Å²) in [7, 11) is -0.278. The van der Waals surface area contributed by atoms with Crippen molar-refractivity contribution in [3.8, 4) is 11.5 Å². The van der Waals surface area contributed by atoms with Gasteiger partial charge >= 0.3 is 0 Å². The minimum atomic E-state index is -3.42. The summed E-state index contributed by atoms with van der Waals surface area (Å²) in [5.41, 5.74) is 8.60. The molecular weight excluding hydrogens is 519 g/mol. The van der Waals surface area contributed by atoms with Crippen molar-refractivity contribution in [3.63, 3.8) is 0 Å². The van der Waals surface area contributed by atoms with Gasteiger partial charge in [0.2, 0.25) is 10.0 Å². The van der Waals surface area contributed by atoms with Crippen molar-refractivity contribution in [1.82, 2.24) is 5.32 Å². The monoisotopic (exact) mass is 546 g/mol. The van der Waals surface area contributed by atoms with E-state index in [1.165, 1.54) is 4.31 Å². The molecule has 0 saturated heterocycles. The number of anilines is 1. The number of fused-ring (bicyclic) bond motifs is 1. The molecule has 0 amide bonds. The number of hydrogen-bond acceptors (Lipinski definition) is 5. The Labute approximate surface area is 194 Å². The number of aliphatic imine (C=N–C) groups is 1. The molecule has 30 heavy (non-hydrogen) atoms. The standard InChI is InChI=1S/C20H26N4O4S.HI/c1-27-18-8-7-15(13-19(18)28-2)14-23-20(21)22-10-12-29(25,26)24-11-9-16-5-3-4-6-17(16)24;/h3-8,13H,9-12,14H2,1-2H3,(H3,21,22,23);1H. The van der Waals surface area contributed by atoms with Gasteiger partial charge in [-0.25, -0.2) is 13.4 Å². The number of nitrogens with one attached hydrogen (secondary N) is 1. The van der Waals surface area contributed by atoms with Crippen LogP contribution >= 0.6 is 24.0 Å². The molecule has 2 aromatic carbocycles. The number of hydrogen-bond donors (Lipinski definition) is 2. The van der Waals surface area contributed by atoms with Crippen molar-refractivity contribution in [3.05, 3.63) is 53.6 Å². The van der Waals surface area contributed by atoms with Crippen LogP contribution < -0.4 is 24.8 Å². The number of sulfonamides is 1. The van der Waals surface area contributed by atoms with E-state index in [1.54, 1.807) is 20.3 Å². The third-order valence-electron chi connectivity index (χ3n) is 4.73. The highest BCUT2D eigenvalue weighted by atomic mass is 127. The Morgan fingerprint density at radius 2 is 1.90 bits per heavy atom. The van der Waals surface area contributed by atoms with Gasteiger partial charge in [-0.3, -0.25) is 4.31 Å². The quantitative estimate of drug-likeness (QED) is 0.299. The molecule has 0 radical (unpaired) electrons. The number of nitrogens with zero attached hydrogens (tertiary/aromatic N) is 2. The highest BCUT2D eigenvalue weighted by Gasteiger charge is 2.28. The van der Waals surface area contributed by atoms with Gasteiger partial charge < -0.3 is 20.5 Å². The fourth-order valence-electron chi connectivity index (χ4n) is 3.23. The largest absolute Gasteiger partial charge is 0.493 e. The number of ether oxygens (including phenoxy) is 2. The SMILES string of the molecule is COc1ccc(CN=C(N)NCCS(=O)(=O)N2CCc3ccccc32)cc1OC.I. The molecule has 8 nitrogen and oxygen atoms in total. The highest BCUT2D eigenvalue weighted by molar-refractivity contribution is 14.0. The molecule has 0 aromatic heterocycles. The molecule has 1 heterocycles. The van der Waals surface area contributed by atoms with E-state index < -0.39 is 10.0 Å². The zero-order valence-corrected chi connectivity index (χ0v) is 20.1. The summed E-state index contributed by atoms with van der Waals surface area (Å²) in [4.78, 5) is 4.26. The molecule has 2 aromatic rings. The van der Waals surface area contributed by atoms with Crippen LogP contribution in [0.25, 0.3) is 0 Å². The predicted molar refractivity (Wildman–Crippen MR) is 130 cm³/mol. The molecule has 0 fully saturated rings. The van der Waals surface area contributed by atoms with Crippen LogP contribution in [0.3, 0.4) is 0 Å². The van der Waals surface area contributed by atoms with Gasteiger partial charge in [0.1, 0.15) is 0 Å².